The molecule has 0 heterocycles. The van der Waals surface area contributed by atoms with E-state index < -0.39 is 0 Å². The first-order valence-electron chi connectivity index (χ1n) is 3.93. The van der Waals surface area contributed by atoms with E-state index in [0.29, 0.717) is 0 Å². The van der Waals surface area contributed by atoms with Gasteiger partial charge in [-0.25, -0.2) is 0 Å². The van der Waals surface area contributed by atoms with Crippen LogP contribution in [0.1, 0.15) is 33.6 Å². The monoisotopic (exact) mass is 145 g/mol. The lowest BCUT2D eigenvalue weighted by Gasteiger charge is -2.33. The van der Waals surface area contributed by atoms with Gasteiger partial charge in [0.05, 0.1) is 5.60 Å². The zero-order valence-corrected chi connectivity index (χ0v) is 7.48. The van der Waals surface area contributed by atoms with Crippen molar-refractivity contribution in [2.75, 3.05) is 7.11 Å². The molecule has 0 aromatic rings. The van der Waals surface area contributed by atoms with Crippen LogP contribution in [0.2, 0.25) is 0 Å². The summed E-state index contributed by atoms with van der Waals surface area (Å²) in [6.45, 7) is 6.21. The van der Waals surface area contributed by atoms with Crippen molar-refractivity contribution in [3.05, 3.63) is 0 Å². The van der Waals surface area contributed by atoms with E-state index in [1.807, 2.05) is 6.92 Å². The van der Waals surface area contributed by atoms with Gasteiger partial charge in [0.2, 0.25) is 0 Å². The number of ether oxygens (including phenoxy) is 1. The summed E-state index contributed by atoms with van der Waals surface area (Å²) in [4.78, 5) is 0. The molecule has 0 aromatic heterocycles. The van der Waals surface area contributed by atoms with Crippen LogP contribution in [0.3, 0.4) is 0 Å². The zero-order valence-electron chi connectivity index (χ0n) is 7.48. The van der Waals surface area contributed by atoms with E-state index in [4.69, 9.17) is 10.5 Å². The number of hydrogen-bond acceptors (Lipinski definition) is 2. The topological polar surface area (TPSA) is 35.2 Å². The molecule has 0 amide bonds. The first kappa shape index (κ1) is 9.92. The Morgan fingerprint density at radius 2 is 1.80 bits per heavy atom. The summed E-state index contributed by atoms with van der Waals surface area (Å²) < 4.78 is 5.37. The maximum Gasteiger partial charge on any atom is 0.0820 e. The van der Waals surface area contributed by atoms with Crippen molar-refractivity contribution in [1.82, 2.24) is 0 Å². The van der Waals surface area contributed by atoms with Crippen LogP contribution in [0.15, 0.2) is 0 Å². The summed E-state index contributed by atoms with van der Waals surface area (Å²) in [6.07, 6.45) is 1.97. The molecule has 1 unspecified atom stereocenters. The Morgan fingerprint density at radius 1 is 1.40 bits per heavy atom. The van der Waals surface area contributed by atoms with Crippen LogP contribution in [-0.4, -0.2) is 18.8 Å². The lowest BCUT2D eigenvalue weighted by atomic mass is 9.90. The third kappa shape index (κ3) is 1.70. The van der Waals surface area contributed by atoms with Gasteiger partial charge in [-0.05, 0) is 19.8 Å². The smallest absolute Gasteiger partial charge is 0.0820 e. The average molecular weight is 145 g/mol. The Kier molecular flexibility index (Phi) is 3.91. The molecule has 0 fully saturated rings. The fraction of sp³-hybridized carbons (Fsp3) is 1.00. The summed E-state index contributed by atoms with van der Waals surface area (Å²) in [5.74, 6) is 0. The van der Waals surface area contributed by atoms with E-state index in [0.717, 1.165) is 12.8 Å². The van der Waals surface area contributed by atoms with Gasteiger partial charge < -0.3 is 10.5 Å². The van der Waals surface area contributed by atoms with E-state index in [2.05, 4.69) is 13.8 Å². The molecular formula is C8H19NO. The predicted molar refractivity (Wildman–Crippen MR) is 44.0 cm³/mol. The Balaban J connectivity index is 4.15. The van der Waals surface area contributed by atoms with Gasteiger partial charge >= 0.3 is 0 Å². The minimum Gasteiger partial charge on any atom is -0.377 e. The zero-order chi connectivity index (χ0) is 8.20. The van der Waals surface area contributed by atoms with E-state index in [1.165, 1.54) is 0 Å². The molecule has 0 bridgehead atoms. The Morgan fingerprint density at radius 3 is 1.80 bits per heavy atom. The van der Waals surface area contributed by atoms with Crippen molar-refractivity contribution in [2.45, 2.75) is 45.3 Å². The van der Waals surface area contributed by atoms with Crippen molar-refractivity contribution < 1.29 is 4.74 Å². The van der Waals surface area contributed by atoms with Crippen LogP contribution in [-0.2, 0) is 4.74 Å². The average Bonchev–Trinajstić information content (AvgIpc) is 1.92. The summed E-state index contributed by atoms with van der Waals surface area (Å²) in [7, 11) is 1.73. The SMILES string of the molecule is CCC(CC)(OC)C(C)N. The predicted octanol–water partition coefficient (Wildman–Crippen LogP) is 1.54. The molecule has 1 atom stereocenters. The van der Waals surface area contributed by atoms with Crippen LogP contribution in [0.25, 0.3) is 0 Å². The highest BCUT2D eigenvalue weighted by atomic mass is 16.5. The summed E-state index contributed by atoms with van der Waals surface area (Å²) in [6, 6.07) is 0.118. The van der Waals surface area contributed by atoms with Gasteiger partial charge in [0.1, 0.15) is 0 Å². The highest BCUT2D eigenvalue weighted by Gasteiger charge is 2.29. The number of rotatable bonds is 4. The first-order valence-corrected chi connectivity index (χ1v) is 3.93. The Hall–Kier alpha value is -0.0800. The molecule has 0 saturated carbocycles. The maximum atomic E-state index is 5.78. The third-order valence-electron chi connectivity index (χ3n) is 2.43. The summed E-state index contributed by atoms with van der Waals surface area (Å²) in [5.41, 5.74) is 5.68. The maximum absolute atomic E-state index is 5.78. The molecule has 0 aliphatic rings. The fourth-order valence-electron chi connectivity index (χ4n) is 1.37. The molecule has 0 saturated heterocycles. The number of methoxy groups -OCH3 is 1. The molecule has 0 aliphatic carbocycles. The van der Waals surface area contributed by atoms with E-state index in [-0.39, 0.29) is 11.6 Å². The summed E-state index contributed by atoms with van der Waals surface area (Å²) >= 11 is 0. The van der Waals surface area contributed by atoms with Crippen molar-refractivity contribution in [3.8, 4) is 0 Å². The van der Waals surface area contributed by atoms with Gasteiger partial charge in [-0.2, -0.15) is 0 Å². The quantitative estimate of drug-likeness (QED) is 0.651. The molecule has 10 heavy (non-hydrogen) atoms. The largest absolute Gasteiger partial charge is 0.377 e. The van der Waals surface area contributed by atoms with Gasteiger partial charge in [-0.1, -0.05) is 13.8 Å². The van der Waals surface area contributed by atoms with E-state index in [1.54, 1.807) is 7.11 Å². The molecular weight excluding hydrogens is 126 g/mol. The van der Waals surface area contributed by atoms with Gasteiger partial charge in [0.25, 0.3) is 0 Å². The van der Waals surface area contributed by atoms with Crippen LogP contribution in [0.4, 0.5) is 0 Å². The van der Waals surface area contributed by atoms with Gasteiger partial charge in [0, 0.05) is 13.2 Å². The van der Waals surface area contributed by atoms with Gasteiger partial charge in [-0.15, -0.1) is 0 Å². The lowest BCUT2D eigenvalue weighted by molar-refractivity contribution is -0.0331. The van der Waals surface area contributed by atoms with Crippen molar-refractivity contribution >= 4 is 0 Å². The second-order valence-electron chi connectivity index (χ2n) is 2.76. The molecule has 0 aliphatic heterocycles. The van der Waals surface area contributed by atoms with Crippen LogP contribution < -0.4 is 5.73 Å². The van der Waals surface area contributed by atoms with Crippen LogP contribution >= 0.6 is 0 Å². The summed E-state index contributed by atoms with van der Waals surface area (Å²) in [5, 5.41) is 0. The third-order valence-corrected chi connectivity index (χ3v) is 2.43. The standard InChI is InChI=1S/C8H19NO/c1-5-8(6-2,10-4)7(3)9/h7H,5-6,9H2,1-4H3. The minimum atomic E-state index is -0.0972. The van der Waals surface area contributed by atoms with Crippen LogP contribution in [0, 0.1) is 0 Å². The minimum absolute atomic E-state index is 0.0972. The molecule has 2 N–H and O–H groups in total. The highest BCUT2D eigenvalue weighted by Crippen LogP contribution is 2.22. The van der Waals surface area contributed by atoms with E-state index in [9.17, 15) is 0 Å². The lowest BCUT2D eigenvalue weighted by Crippen LogP contribution is -2.46. The molecule has 0 aromatic carbocycles. The second kappa shape index (κ2) is 3.94. The van der Waals surface area contributed by atoms with Gasteiger partial charge in [-0.3, -0.25) is 0 Å². The highest BCUT2D eigenvalue weighted by molar-refractivity contribution is 4.85. The van der Waals surface area contributed by atoms with Gasteiger partial charge in [0.15, 0.2) is 0 Å². The van der Waals surface area contributed by atoms with Crippen LogP contribution in [0.5, 0.6) is 0 Å². The molecule has 62 valence electrons. The normalized spacial score (nSPS) is 15.3. The molecule has 0 rings (SSSR count). The van der Waals surface area contributed by atoms with Crippen molar-refractivity contribution in [2.24, 2.45) is 5.73 Å². The Bertz CT molecular complexity index is 79.0. The van der Waals surface area contributed by atoms with Crippen molar-refractivity contribution in [1.29, 1.82) is 0 Å². The second-order valence-corrected chi connectivity index (χ2v) is 2.76. The van der Waals surface area contributed by atoms with E-state index >= 15 is 0 Å². The van der Waals surface area contributed by atoms with Crippen molar-refractivity contribution in [3.63, 3.8) is 0 Å². The number of hydrogen-bond donors (Lipinski definition) is 1. The Labute approximate surface area is 63.7 Å². The fourth-order valence-corrected chi connectivity index (χ4v) is 1.37. The first-order chi connectivity index (χ1) is 4.63. The molecule has 0 spiro atoms. The molecule has 0 radical (unpaired) electrons. The molecule has 2 heteroatoms. The molecule has 2 nitrogen and oxygen atoms in total. The number of nitrogens with two attached hydrogens (primary N) is 1.